The van der Waals surface area contributed by atoms with Gasteiger partial charge in [0.1, 0.15) is 6.04 Å². The minimum atomic E-state index is -0.183. The zero-order valence-electron chi connectivity index (χ0n) is 13.4. The second-order valence-electron chi connectivity index (χ2n) is 6.07. The lowest BCUT2D eigenvalue weighted by Gasteiger charge is -2.11. The Balaban J connectivity index is 1.46. The van der Waals surface area contributed by atoms with Crippen LogP contribution in [0.2, 0.25) is 0 Å². The van der Waals surface area contributed by atoms with E-state index in [4.69, 9.17) is 0 Å². The van der Waals surface area contributed by atoms with Crippen LogP contribution < -0.4 is 16.2 Å². The number of aryl methyl sites for hydroxylation is 1. The molecule has 1 amide bonds. The van der Waals surface area contributed by atoms with Crippen LogP contribution in [-0.2, 0) is 11.2 Å². The van der Waals surface area contributed by atoms with Gasteiger partial charge in [0.15, 0.2) is 0 Å². The molecular formula is C19H23N3O. The van der Waals surface area contributed by atoms with Crippen LogP contribution in [0.4, 0.5) is 0 Å². The van der Waals surface area contributed by atoms with Crippen LogP contribution in [0.1, 0.15) is 29.2 Å². The van der Waals surface area contributed by atoms with Gasteiger partial charge in [-0.2, -0.15) is 0 Å². The first kappa shape index (κ1) is 15.7. The first-order valence-electron chi connectivity index (χ1n) is 8.11. The van der Waals surface area contributed by atoms with Crippen LogP contribution >= 0.6 is 0 Å². The lowest BCUT2D eigenvalue weighted by Crippen LogP contribution is -2.43. The fourth-order valence-electron chi connectivity index (χ4n) is 2.95. The van der Waals surface area contributed by atoms with E-state index < -0.39 is 0 Å². The zero-order valence-corrected chi connectivity index (χ0v) is 13.4. The van der Waals surface area contributed by atoms with Gasteiger partial charge < -0.3 is 5.32 Å². The molecular weight excluding hydrogens is 286 g/mol. The van der Waals surface area contributed by atoms with Crippen LogP contribution in [0, 0.1) is 6.92 Å². The summed E-state index contributed by atoms with van der Waals surface area (Å²) >= 11 is 0. The summed E-state index contributed by atoms with van der Waals surface area (Å²) < 4.78 is 0. The Kier molecular flexibility index (Phi) is 5.05. The highest BCUT2D eigenvalue weighted by molar-refractivity contribution is 5.82. The Morgan fingerprint density at radius 3 is 2.74 bits per heavy atom. The van der Waals surface area contributed by atoms with Crippen molar-refractivity contribution >= 4 is 5.91 Å². The third kappa shape index (κ3) is 4.18. The molecule has 4 nitrogen and oxygen atoms in total. The van der Waals surface area contributed by atoms with Gasteiger partial charge in [0.25, 0.3) is 0 Å². The SMILES string of the molecule is Cc1cccc(CCNC(=O)C2CC(c3ccccc3)NN2)c1. The minimum Gasteiger partial charge on any atom is -0.354 e. The van der Waals surface area contributed by atoms with E-state index in [-0.39, 0.29) is 18.0 Å². The van der Waals surface area contributed by atoms with E-state index in [1.165, 1.54) is 16.7 Å². The molecule has 1 saturated heterocycles. The normalized spacial score (nSPS) is 20.4. The molecule has 0 aromatic heterocycles. The summed E-state index contributed by atoms with van der Waals surface area (Å²) in [4.78, 5) is 12.3. The molecule has 1 heterocycles. The van der Waals surface area contributed by atoms with Crippen molar-refractivity contribution in [1.82, 2.24) is 16.2 Å². The van der Waals surface area contributed by atoms with Crippen LogP contribution in [0.15, 0.2) is 54.6 Å². The predicted molar refractivity (Wildman–Crippen MR) is 91.8 cm³/mol. The van der Waals surface area contributed by atoms with Gasteiger partial charge in [-0.15, -0.1) is 0 Å². The summed E-state index contributed by atoms with van der Waals surface area (Å²) in [6.45, 7) is 2.75. The molecule has 0 aliphatic carbocycles. The number of hydrazine groups is 1. The predicted octanol–water partition coefficient (Wildman–Crippen LogP) is 2.26. The van der Waals surface area contributed by atoms with E-state index in [9.17, 15) is 4.79 Å². The van der Waals surface area contributed by atoms with Gasteiger partial charge in [0.2, 0.25) is 5.91 Å². The van der Waals surface area contributed by atoms with Crippen molar-refractivity contribution in [2.75, 3.05) is 6.54 Å². The van der Waals surface area contributed by atoms with E-state index in [0.29, 0.717) is 6.54 Å². The molecule has 3 rings (SSSR count). The first-order chi connectivity index (χ1) is 11.2. The van der Waals surface area contributed by atoms with Gasteiger partial charge in [0, 0.05) is 12.6 Å². The van der Waals surface area contributed by atoms with Crippen LogP contribution in [0.25, 0.3) is 0 Å². The quantitative estimate of drug-likeness (QED) is 0.794. The highest BCUT2D eigenvalue weighted by atomic mass is 16.2. The second kappa shape index (κ2) is 7.40. The molecule has 1 aliphatic rings. The van der Waals surface area contributed by atoms with Crippen LogP contribution in [0.5, 0.6) is 0 Å². The third-order valence-electron chi connectivity index (χ3n) is 4.22. The first-order valence-corrected chi connectivity index (χ1v) is 8.11. The van der Waals surface area contributed by atoms with Crippen molar-refractivity contribution in [3.8, 4) is 0 Å². The molecule has 0 spiro atoms. The second-order valence-corrected chi connectivity index (χ2v) is 6.07. The number of nitrogens with one attached hydrogen (secondary N) is 3. The maximum Gasteiger partial charge on any atom is 0.238 e. The fourth-order valence-corrected chi connectivity index (χ4v) is 2.95. The molecule has 2 aromatic carbocycles. The van der Waals surface area contributed by atoms with Gasteiger partial charge in [-0.25, -0.2) is 10.9 Å². The minimum absolute atomic E-state index is 0.0589. The Morgan fingerprint density at radius 1 is 1.13 bits per heavy atom. The van der Waals surface area contributed by atoms with Crippen LogP contribution in [0.3, 0.4) is 0 Å². The van der Waals surface area contributed by atoms with E-state index in [1.54, 1.807) is 0 Å². The van der Waals surface area contributed by atoms with Crippen molar-refractivity contribution in [1.29, 1.82) is 0 Å². The number of carbonyl (C=O) groups is 1. The Hall–Kier alpha value is -2.17. The molecule has 0 bridgehead atoms. The number of benzene rings is 2. The monoisotopic (exact) mass is 309 g/mol. The standard InChI is InChI=1S/C19H23N3O/c1-14-6-5-7-15(12-14)10-11-20-19(23)18-13-17(21-22-18)16-8-3-2-4-9-16/h2-9,12,17-18,21-22H,10-11,13H2,1H3,(H,20,23). The average molecular weight is 309 g/mol. The average Bonchev–Trinajstić information content (AvgIpc) is 3.06. The maximum absolute atomic E-state index is 12.3. The molecule has 0 saturated carbocycles. The third-order valence-corrected chi connectivity index (χ3v) is 4.22. The molecule has 0 radical (unpaired) electrons. The maximum atomic E-state index is 12.3. The molecule has 1 fully saturated rings. The molecule has 2 atom stereocenters. The zero-order chi connectivity index (χ0) is 16.1. The van der Waals surface area contributed by atoms with Gasteiger partial charge >= 0.3 is 0 Å². The Bertz CT molecular complexity index is 657. The molecule has 1 aliphatic heterocycles. The highest BCUT2D eigenvalue weighted by Crippen LogP contribution is 2.21. The smallest absolute Gasteiger partial charge is 0.238 e. The van der Waals surface area contributed by atoms with Crippen molar-refractivity contribution in [2.24, 2.45) is 0 Å². The summed E-state index contributed by atoms with van der Waals surface area (Å²) in [5.41, 5.74) is 10.0. The lowest BCUT2D eigenvalue weighted by atomic mass is 10.0. The van der Waals surface area contributed by atoms with E-state index in [1.807, 2.05) is 18.2 Å². The van der Waals surface area contributed by atoms with Crippen molar-refractivity contribution in [2.45, 2.75) is 31.8 Å². The molecule has 2 unspecified atom stereocenters. The van der Waals surface area contributed by atoms with E-state index in [0.717, 1.165) is 12.8 Å². The van der Waals surface area contributed by atoms with Gasteiger partial charge in [-0.1, -0.05) is 60.2 Å². The lowest BCUT2D eigenvalue weighted by molar-refractivity contribution is -0.122. The topological polar surface area (TPSA) is 53.2 Å². The van der Waals surface area contributed by atoms with Gasteiger partial charge in [0.05, 0.1) is 0 Å². The number of hydrogen-bond donors (Lipinski definition) is 3. The fraction of sp³-hybridized carbons (Fsp3) is 0.316. The summed E-state index contributed by atoms with van der Waals surface area (Å²) in [7, 11) is 0. The van der Waals surface area contributed by atoms with Crippen molar-refractivity contribution < 1.29 is 4.79 Å². The highest BCUT2D eigenvalue weighted by Gasteiger charge is 2.29. The summed E-state index contributed by atoms with van der Waals surface area (Å²) in [5, 5.41) is 3.02. The van der Waals surface area contributed by atoms with E-state index in [2.05, 4.69) is 59.5 Å². The number of carbonyl (C=O) groups excluding carboxylic acids is 1. The Morgan fingerprint density at radius 2 is 1.96 bits per heavy atom. The molecule has 2 aromatic rings. The van der Waals surface area contributed by atoms with Gasteiger partial charge in [-0.05, 0) is 30.9 Å². The number of rotatable bonds is 5. The molecule has 23 heavy (non-hydrogen) atoms. The van der Waals surface area contributed by atoms with Gasteiger partial charge in [-0.3, -0.25) is 4.79 Å². The summed E-state index contributed by atoms with van der Waals surface area (Å²) in [6, 6.07) is 18.6. The summed E-state index contributed by atoms with van der Waals surface area (Å²) in [5.74, 6) is 0.0589. The molecule has 3 N–H and O–H groups in total. The number of amides is 1. The Labute approximate surface area is 137 Å². The van der Waals surface area contributed by atoms with E-state index >= 15 is 0 Å². The van der Waals surface area contributed by atoms with Crippen molar-refractivity contribution in [3.63, 3.8) is 0 Å². The largest absolute Gasteiger partial charge is 0.354 e. The molecule has 120 valence electrons. The van der Waals surface area contributed by atoms with Crippen molar-refractivity contribution in [3.05, 3.63) is 71.3 Å². The number of hydrogen-bond acceptors (Lipinski definition) is 3. The molecule has 4 heteroatoms. The van der Waals surface area contributed by atoms with Crippen LogP contribution in [-0.4, -0.2) is 18.5 Å². The summed E-state index contributed by atoms with van der Waals surface area (Å²) in [6.07, 6.45) is 1.62.